The van der Waals surface area contributed by atoms with Gasteiger partial charge in [0.15, 0.2) is 0 Å². The molecule has 1 amide bonds. The van der Waals surface area contributed by atoms with Gasteiger partial charge in [-0.3, -0.25) is 9.59 Å². The summed E-state index contributed by atoms with van der Waals surface area (Å²) in [5, 5.41) is 14.9. The minimum Gasteiger partial charge on any atom is -0.480 e. The summed E-state index contributed by atoms with van der Waals surface area (Å²) >= 11 is 0. The monoisotopic (exact) mass is 239 g/mol. The molecule has 92 valence electrons. The molecule has 0 spiro atoms. The normalized spacial score (nSPS) is 11.9. The second-order valence-electron chi connectivity index (χ2n) is 3.64. The van der Waals surface area contributed by atoms with Crippen LogP contribution < -0.4 is 10.9 Å². The molecular formula is C10H13N3O4. The topological polar surface area (TPSA) is 101 Å². The summed E-state index contributed by atoms with van der Waals surface area (Å²) in [7, 11) is 0. The van der Waals surface area contributed by atoms with Gasteiger partial charge in [0.05, 0.1) is 12.7 Å². The Hall–Kier alpha value is -2.18. The largest absolute Gasteiger partial charge is 0.480 e. The molecule has 17 heavy (non-hydrogen) atoms. The zero-order valence-electron chi connectivity index (χ0n) is 9.51. The predicted octanol–water partition coefficient (Wildman–Crippen LogP) is -0.859. The number of carboxylic acids is 1. The summed E-state index contributed by atoms with van der Waals surface area (Å²) in [5.74, 6) is -1.69. The van der Waals surface area contributed by atoms with Crippen LogP contribution in [-0.2, 0) is 16.1 Å². The van der Waals surface area contributed by atoms with E-state index in [1.54, 1.807) is 6.92 Å². The quantitative estimate of drug-likeness (QED) is 0.712. The summed E-state index contributed by atoms with van der Waals surface area (Å²) in [6.07, 6.45) is 1.45. The van der Waals surface area contributed by atoms with Crippen molar-refractivity contribution in [3.05, 3.63) is 28.2 Å². The number of amides is 1. The van der Waals surface area contributed by atoms with Crippen LogP contribution in [0.15, 0.2) is 17.1 Å². The van der Waals surface area contributed by atoms with Crippen molar-refractivity contribution in [1.82, 2.24) is 15.1 Å². The highest BCUT2D eigenvalue weighted by molar-refractivity contribution is 5.81. The molecule has 2 N–H and O–H groups in total. The van der Waals surface area contributed by atoms with Gasteiger partial charge in [0, 0.05) is 13.0 Å². The summed E-state index contributed by atoms with van der Waals surface area (Å²) in [4.78, 5) is 33.1. The van der Waals surface area contributed by atoms with Crippen molar-refractivity contribution in [2.24, 2.45) is 0 Å². The lowest BCUT2D eigenvalue weighted by molar-refractivity contribution is -0.142. The fourth-order valence-electron chi connectivity index (χ4n) is 1.27. The third-order valence-electron chi connectivity index (χ3n) is 2.04. The van der Waals surface area contributed by atoms with Gasteiger partial charge in [-0.1, -0.05) is 0 Å². The number of aliphatic carboxylic acids is 1. The molecule has 0 aromatic carbocycles. The summed E-state index contributed by atoms with van der Waals surface area (Å²) in [6, 6.07) is 0.181. The van der Waals surface area contributed by atoms with E-state index in [2.05, 4.69) is 10.4 Å². The fraction of sp³-hybridized carbons (Fsp3) is 0.400. The fourth-order valence-corrected chi connectivity index (χ4v) is 1.27. The molecule has 7 nitrogen and oxygen atoms in total. The van der Waals surface area contributed by atoms with Gasteiger partial charge < -0.3 is 10.4 Å². The summed E-state index contributed by atoms with van der Waals surface area (Å²) in [5.41, 5.74) is 0.291. The number of carbonyl (C=O) groups excluding carboxylic acids is 1. The Morgan fingerprint density at radius 1 is 1.59 bits per heavy atom. The highest BCUT2D eigenvalue weighted by atomic mass is 16.4. The number of hydrogen-bond donors (Lipinski definition) is 2. The molecule has 0 aliphatic carbocycles. The number of aryl methyl sites for hydroxylation is 1. The zero-order chi connectivity index (χ0) is 13.0. The molecule has 0 bridgehead atoms. The second kappa shape index (κ2) is 5.24. The van der Waals surface area contributed by atoms with E-state index in [1.165, 1.54) is 19.2 Å². The van der Waals surface area contributed by atoms with Crippen LogP contribution in [0.3, 0.4) is 0 Å². The Morgan fingerprint density at radius 3 is 2.71 bits per heavy atom. The van der Waals surface area contributed by atoms with E-state index in [0.717, 1.165) is 4.68 Å². The molecule has 0 aliphatic rings. The maximum Gasteiger partial charge on any atom is 0.328 e. The molecule has 7 heteroatoms. The maximum atomic E-state index is 11.5. The van der Waals surface area contributed by atoms with E-state index in [-0.39, 0.29) is 6.54 Å². The first-order valence-corrected chi connectivity index (χ1v) is 4.94. The molecule has 0 aliphatic heterocycles. The highest BCUT2D eigenvalue weighted by Gasteiger charge is 2.19. The van der Waals surface area contributed by atoms with Crippen LogP contribution in [0.5, 0.6) is 0 Å². The van der Waals surface area contributed by atoms with Crippen molar-refractivity contribution in [2.45, 2.75) is 26.4 Å². The molecule has 0 saturated carbocycles. The van der Waals surface area contributed by atoms with Crippen LogP contribution >= 0.6 is 0 Å². The van der Waals surface area contributed by atoms with Gasteiger partial charge >= 0.3 is 5.97 Å². The molecule has 1 rings (SSSR count). The molecule has 1 unspecified atom stereocenters. The molecule has 0 fully saturated rings. The van der Waals surface area contributed by atoms with Crippen molar-refractivity contribution in [3.8, 4) is 0 Å². The molecule has 0 saturated heterocycles. The average Bonchev–Trinajstić information content (AvgIpc) is 2.19. The van der Waals surface area contributed by atoms with E-state index in [9.17, 15) is 14.4 Å². The third-order valence-corrected chi connectivity index (χ3v) is 2.04. The van der Waals surface area contributed by atoms with Crippen LogP contribution in [-0.4, -0.2) is 32.8 Å². The Labute approximate surface area is 97.1 Å². The van der Waals surface area contributed by atoms with Gasteiger partial charge in [-0.2, -0.15) is 5.10 Å². The zero-order valence-corrected chi connectivity index (χ0v) is 9.51. The van der Waals surface area contributed by atoms with Gasteiger partial charge in [-0.05, 0) is 12.5 Å². The van der Waals surface area contributed by atoms with Crippen molar-refractivity contribution < 1.29 is 14.7 Å². The summed E-state index contributed by atoms with van der Waals surface area (Å²) < 4.78 is 1.00. The van der Waals surface area contributed by atoms with Crippen LogP contribution in [0.4, 0.5) is 0 Å². The molecule has 1 heterocycles. The molecular weight excluding hydrogens is 226 g/mol. The molecule has 1 aromatic heterocycles. The smallest absolute Gasteiger partial charge is 0.328 e. The van der Waals surface area contributed by atoms with Crippen molar-refractivity contribution >= 4 is 11.9 Å². The number of hydrogen-bond acceptors (Lipinski definition) is 4. The van der Waals surface area contributed by atoms with Crippen LogP contribution in [0.2, 0.25) is 0 Å². The Morgan fingerprint density at radius 2 is 2.24 bits per heavy atom. The van der Waals surface area contributed by atoms with Gasteiger partial charge in [-0.15, -0.1) is 0 Å². The van der Waals surface area contributed by atoms with Crippen LogP contribution in [0.1, 0.15) is 12.5 Å². The first-order chi connectivity index (χ1) is 7.90. The predicted molar refractivity (Wildman–Crippen MR) is 58.5 cm³/mol. The van der Waals surface area contributed by atoms with Crippen LogP contribution in [0, 0.1) is 6.92 Å². The van der Waals surface area contributed by atoms with Gasteiger partial charge in [0.1, 0.15) is 6.04 Å². The van der Waals surface area contributed by atoms with E-state index < -0.39 is 23.5 Å². The number of carbonyl (C=O) groups is 2. The van der Waals surface area contributed by atoms with E-state index in [0.29, 0.717) is 5.56 Å². The Bertz CT molecular complexity index is 495. The lowest BCUT2D eigenvalue weighted by Crippen LogP contribution is -2.44. The van der Waals surface area contributed by atoms with E-state index >= 15 is 0 Å². The lowest BCUT2D eigenvalue weighted by atomic mass is 10.3. The SMILES string of the molecule is CC(=O)NC(Cn1ncc(C)cc1=O)C(=O)O. The lowest BCUT2D eigenvalue weighted by Gasteiger charge is -2.13. The second-order valence-corrected chi connectivity index (χ2v) is 3.64. The third kappa shape index (κ3) is 3.71. The average molecular weight is 239 g/mol. The maximum absolute atomic E-state index is 11.5. The van der Waals surface area contributed by atoms with Gasteiger partial charge in [0.2, 0.25) is 5.91 Å². The minimum absolute atomic E-state index is 0.200. The van der Waals surface area contributed by atoms with Crippen molar-refractivity contribution in [1.29, 1.82) is 0 Å². The number of nitrogens with one attached hydrogen (secondary N) is 1. The highest BCUT2D eigenvalue weighted by Crippen LogP contribution is 1.91. The van der Waals surface area contributed by atoms with Crippen molar-refractivity contribution in [2.75, 3.05) is 0 Å². The van der Waals surface area contributed by atoms with Gasteiger partial charge in [0.25, 0.3) is 5.56 Å². The molecule has 0 radical (unpaired) electrons. The first kappa shape index (κ1) is 12.9. The number of nitrogens with zero attached hydrogens (tertiary/aromatic N) is 2. The van der Waals surface area contributed by atoms with Crippen LogP contribution in [0.25, 0.3) is 0 Å². The Kier molecular flexibility index (Phi) is 3.97. The number of aromatic nitrogens is 2. The standard InChI is InChI=1S/C10H13N3O4/c1-6-3-9(15)13(11-4-6)5-8(10(16)17)12-7(2)14/h3-4,8H,5H2,1-2H3,(H,12,14)(H,16,17). The number of rotatable bonds is 4. The minimum atomic E-state index is -1.21. The van der Waals surface area contributed by atoms with Crippen molar-refractivity contribution in [3.63, 3.8) is 0 Å². The van der Waals surface area contributed by atoms with E-state index in [4.69, 9.17) is 5.11 Å². The van der Waals surface area contributed by atoms with Gasteiger partial charge in [-0.25, -0.2) is 9.48 Å². The number of carboxylic acid groups (broad SMARTS) is 1. The Balaban J connectivity index is 2.90. The van der Waals surface area contributed by atoms with E-state index in [1.807, 2.05) is 0 Å². The first-order valence-electron chi connectivity index (χ1n) is 4.94. The molecule has 1 aromatic rings. The molecule has 1 atom stereocenters. The summed E-state index contributed by atoms with van der Waals surface area (Å²) in [6.45, 7) is 2.72.